The predicted molar refractivity (Wildman–Crippen MR) is 143 cm³/mol. The van der Waals surface area contributed by atoms with Crippen LogP contribution < -0.4 is 19.7 Å². The summed E-state index contributed by atoms with van der Waals surface area (Å²) in [5, 5.41) is 3.57. The van der Waals surface area contributed by atoms with E-state index in [1.54, 1.807) is 31.4 Å². The van der Waals surface area contributed by atoms with Gasteiger partial charge < -0.3 is 24.6 Å². The molecule has 2 amide bonds. The van der Waals surface area contributed by atoms with Crippen LogP contribution in [0.1, 0.15) is 21.5 Å². The second-order valence-electron chi connectivity index (χ2n) is 8.76. The Hall–Kier alpha value is -3.71. The zero-order chi connectivity index (χ0) is 25.7. The Kier molecular flexibility index (Phi) is 8.00. The molecule has 1 saturated heterocycles. The highest BCUT2D eigenvalue weighted by molar-refractivity contribution is 6.32. The van der Waals surface area contributed by atoms with Gasteiger partial charge in [-0.15, -0.1) is 0 Å². The maximum absolute atomic E-state index is 12.8. The van der Waals surface area contributed by atoms with Gasteiger partial charge in [-0.3, -0.25) is 9.59 Å². The molecule has 0 aliphatic carbocycles. The summed E-state index contributed by atoms with van der Waals surface area (Å²) < 4.78 is 10.8. The average molecular weight is 508 g/mol. The van der Waals surface area contributed by atoms with Gasteiger partial charge in [0.2, 0.25) is 0 Å². The Morgan fingerprint density at radius 3 is 2.08 bits per heavy atom. The number of hydrogen-bond acceptors (Lipinski definition) is 5. The summed E-state index contributed by atoms with van der Waals surface area (Å²) in [4.78, 5) is 29.2. The van der Waals surface area contributed by atoms with Crippen molar-refractivity contribution in [2.24, 2.45) is 0 Å². The Morgan fingerprint density at radius 1 is 0.889 bits per heavy atom. The van der Waals surface area contributed by atoms with Crippen LogP contribution in [-0.2, 0) is 4.79 Å². The second-order valence-corrected chi connectivity index (χ2v) is 9.14. The van der Waals surface area contributed by atoms with E-state index in [0.717, 1.165) is 35.7 Å². The normalized spacial score (nSPS) is 13.3. The molecule has 0 aromatic heterocycles. The SMILES string of the molecule is COc1ccc(C(=O)N2CCN(c3ccc(NC(=O)COc4cc(C)c(Cl)c(C)c4)cc3)CC2)cc1. The number of carbonyl (C=O) groups is 2. The molecule has 36 heavy (non-hydrogen) atoms. The lowest BCUT2D eigenvalue weighted by Gasteiger charge is -2.36. The molecule has 3 aromatic carbocycles. The molecule has 1 fully saturated rings. The van der Waals surface area contributed by atoms with E-state index in [9.17, 15) is 9.59 Å². The largest absolute Gasteiger partial charge is 0.497 e. The molecule has 1 aliphatic heterocycles. The highest BCUT2D eigenvalue weighted by Gasteiger charge is 2.22. The van der Waals surface area contributed by atoms with Crippen LogP contribution in [0.15, 0.2) is 60.7 Å². The topological polar surface area (TPSA) is 71.1 Å². The number of amides is 2. The number of piperazine rings is 1. The number of nitrogens with zero attached hydrogens (tertiary/aromatic N) is 2. The standard InChI is InChI=1S/C28H30ClN3O4/c1-19-16-25(17-20(2)27(19)29)36-18-26(33)30-22-6-8-23(9-7-22)31-12-14-32(15-13-31)28(34)21-4-10-24(35-3)11-5-21/h4-11,16-17H,12-15,18H2,1-3H3,(H,30,33). The van der Waals surface area contributed by atoms with E-state index in [1.165, 1.54) is 0 Å². The van der Waals surface area contributed by atoms with Crippen LogP contribution >= 0.6 is 11.6 Å². The van der Waals surface area contributed by atoms with Crippen molar-refractivity contribution in [3.05, 3.63) is 82.4 Å². The van der Waals surface area contributed by atoms with Crippen molar-refractivity contribution in [1.29, 1.82) is 0 Å². The van der Waals surface area contributed by atoms with Crippen molar-refractivity contribution < 1.29 is 19.1 Å². The van der Waals surface area contributed by atoms with E-state index in [1.807, 2.05) is 55.1 Å². The Balaban J connectivity index is 1.26. The first-order chi connectivity index (χ1) is 17.3. The highest BCUT2D eigenvalue weighted by Crippen LogP contribution is 2.26. The minimum absolute atomic E-state index is 0.0292. The molecule has 0 atom stereocenters. The molecule has 1 heterocycles. The smallest absolute Gasteiger partial charge is 0.262 e. The summed E-state index contributed by atoms with van der Waals surface area (Å²) in [6, 6.07) is 18.5. The lowest BCUT2D eigenvalue weighted by atomic mass is 10.1. The van der Waals surface area contributed by atoms with Gasteiger partial charge in [0, 0.05) is 48.1 Å². The summed E-state index contributed by atoms with van der Waals surface area (Å²) in [5.74, 6) is 1.14. The second kappa shape index (κ2) is 11.4. The van der Waals surface area contributed by atoms with Gasteiger partial charge in [0.05, 0.1) is 7.11 Å². The third-order valence-electron chi connectivity index (χ3n) is 6.20. The number of nitrogens with one attached hydrogen (secondary N) is 1. The molecular weight excluding hydrogens is 478 g/mol. The summed E-state index contributed by atoms with van der Waals surface area (Å²) in [6.07, 6.45) is 0. The van der Waals surface area contributed by atoms with Crippen molar-refractivity contribution >= 4 is 34.8 Å². The van der Waals surface area contributed by atoms with E-state index < -0.39 is 0 Å². The third kappa shape index (κ3) is 6.10. The quantitative estimate of drug-likeness (QED) is 0.490. The van der Waals surface area contributed by atoms with Crippen LogP contribution in [0.2, 0.25) is 5.02 Å². The fraction of sp³-hybridized carbons (Fsp3) is 0.286. The number of carbonyl (C=O) groups excluding carboxylic acids is 2. The number of rotatable bonds is 7. The van der Waals surface area contributed by atoms with E-state index >= 15 is 0 Å². The molecular formula is C28H30ClN3O4. The molecule has 0 unspecified atom stereocenters. The number of anilines is 2. The van der Waals surface area contributed by atoms with Crippen molar-refractivity contribution in [3.8, 4) is 11.5 Å². The minimum Gasteiger partial charge on any atom is -0.497 e. The van der Waals surface area contributed by atoms with Crippen LogP contribution in [0.3, 0.4) is 0 Å². The lowest BCUT2D eigenvalue weighted by molar-refractivity contribution is -0.118. The van der Waals surface area contributed by atoms with Crippen molar-refractivity contribution in [2.75, 3.05) is 50.1 Å². The Labute approximate surface area is 216 Å². The number of halogens is 1. The van der Waals surface area contributed by atoms with E-state index in [0.29, 0.717) is 35.1 Å². The summed E-state index contributed by atoms with van der Waals surface area (Å²) >= 11 is 6.18. The van der Waals surface area contributed by atoms with Crippen LogP contribution in [0.4, 0.5) is 11.4 Å². The van der Waals surface area contributed by atoms with Gasteiger partial charge in [-0.1, -0.05) is 11.6 Å². The van der Waals surface area contributed by atoms with E-state index in [-0.39, 0.29) is 18.4 Å². The van der Waals surface area contributed by atoms with Gasteiger partial charge in [0.1, 0.15) is 11.5 Å². The number of aryl methyl sites for hydroxylation is 2. The van der Waals surface area contributed by atoms with Crippen molar-refractivity contribution in [2.45, 2.75) is 13.8 Å². The molecule has 0 radical (unpaired) electrons. The number of benzene rings is 3. The maximum atomic E-state index is 12.8. The van der Waals surface area contributed by atoms with Crippen LogP contribution in [0.25, 0.3) is 0 Å². The third-order valence-corrected chi connectivity index (χ3v) is 6.80. The summed E-state index contributed by atoms with van der Waals surface area (Å²) in [6.45, 7) is 6.48. The molecule has 4 rings (SSSR count). The van der Waals surface area contributed by atoms with Gasteiger partial charge >= 0.3 is 0 Å². The lowest BCUT2D eigenvalue weighted by Crippen LogP contribution is -2.48. The average Bonchev–Trinajstić information content (AvgIpc) is 2.90. The molecule has 0 saturated carbocycles. The van der Waals surface area contributed by atoms with Gasteiger partial charge in [-0.25, -0.2) is 0 Å². The molecule has 1 N–H and O–H groups in total. The summed E-state index contributed by atoms with van der Waals surface area (Å²) in [7, 11) is 1.61. The van der Waals surface area contributed by atoms with Gasteiger partial charge in [0.25, 0.3) is 11.8 Å². The number of ether oxygens (including phenoxy) is 2. The predicted octanol–water partition coefficient (Wildman–Crippen LogP) is 4.95. The first-order valence-electron chi connectivity index (χ1n) is 11.8. The fourth-order valence-corrected chi connectivity index (χ4v) is 4.28. The Morgan fingerprint density at radius 2 is 1.50 bits per heavy atom. The molecule has 7 nitrogen and oxygen atoms in total. The molecule has 0 spiro atoms. The van der Waals surface area contributed by atoms with Crippen LogP contribution in [0.5, 0.6) is 11.5 Å². The zero-order valence-electron chi connectivity index (χ0n) is 20.7. The van der Waals surface area contributed by atoms with Crippen molar-refractivity contribution in [1.82, 2.24) is 4.90 Å². The Bertz CT molecular complexity index is 1200. The maximum Gasteiger partial charge on any atom is 0.262 e. The summed E-state index contributed by atoms with van der Waals surface area (Å²) in [5.41, 5.74) is 4.23. The molecule has 188 valence electrons. The van der Waals surface area contributed by atoms with Crippen LogP contribution in [0, 0.1) is 13.8 Å². The molecule has 3 aromatic rings. The number of hydrogen-bond donors (Lipinski definition) is 1. The van der Waals surface area contributed by atoms with E-state index in [2.05, 4.69) is 10.2 Å². The van der Waals surface area contributed by atoms with E-state index in [4.69, 9.17) is 21.1 Å². The monoisotopic (exact) mass is 507 g/mol. The number of methoxy groups -OCH3 is 1. The van der Waals surface area contributed by atoms with Gasteiger partial charge in [-0.2, -0.15) is 0 Å². The first kappa shape index (κ1) is 25.4. The fourth-order valence-electron chi connectivity index (χ4n) is 4.17. The highest BCUT2D eigenvalue weighted by atomic mass is 35.5. The zero-order valence-corrected chi connectivity index (χ0v) is 21.5. The minimum atomic E-state index is -0.237. The molecule has 0 bridgehead atoms. The van der Waals surface area contributed by atoms with Crippen molar-refractivity contribution in [3.63, 3.8) is 0 Å². The van der Waals surface area contributed by atoms with Crippen LogP contribution in [-0.4, -0.2) is 56.6 Å². The first-order valence-corrected chi connectivity index (χ1v) is 12.2. The van der Waals surface area contributed by atoms with Gasteiger partial charge in [0.15, 0.2) is 6.61 Å². The van der Waals surface area contributed by atoms with Gasteiger partial charge in [-0.05, 0) is 85.6 Å². The molecule has 8 heteroatoms. The molecule has 1 aliphatic rings.